The Morgan fingerprint density at radius 1 is 1.05 bits per heavy atom. The molecule has 2 N–H and O–H groups in total. The number of amides is 2. The number of carbonyl (C=O) groups is 2. The van der Waals surface area contributed by atoms with Crippen LogP contribution in [0.3, 0.4) is 0 Å². The maximum atomic E-state index is 12.2. The Morgan fingerprint density at radius 3 is 2.41 bits per heavy atom. The van der Waals surface area contributed by atoms with Crippen LogP contribution in [0, 0.1) is 0 Å². The number of rotatable bonds is 4. The van der Waals surface area contributed by atoms with E-state index in [2.05, 4.69) is 26.6 Å². The first-order valence-electron chi connectivity index (χ1n) is 6.70. The minimum atomic E-state index is -0.531. The molecule has 22 heavy (non-hydrogen) atoms. The van der Waals surface area contributed by atoms with Crippen molar-refractivity contribution < 1.29 is 14.3 Å². The first-order chi connectivity index (χ1) is 10.6. The van der Waals surface area contributed by atoms with E-state index < -0.39 is 6.09 Å². The van der Waals surface area contributed by atoms with Crippen LogP contribution < -0.4 is 10.6 Å². The molecule has 6 heteroatoms. The van der Waals surface area contributed by atoms with E-state index in [1.807, 2.05) is 6.07 Å². The van der Waals surface area contributed by atoms with Gasteiger partial charge in [-0.05, 0) is 53.2 Å². The van der Waals surface area contributed by atoms with Crippen molar-refractivity contribution >= 4 is 39.3 Å². The molecule has 0 saturated heterocycles. The molecule has 0 radical (unpaired) electrons. The summed E-state index contributed by atoms with van der Waals surface area (Å²) < 4.78 is 5.52. The van der Waals surface area contributed by atoms with Crippen molar-refractivity contribution in [2.24, 2.45) is 0 Å². The molecule has 2 aromatic rings. The summed E-state index contributed by atoms with van der Waals surface area (Å²) in [6, 6.07) is 14.0. The number of hydrogen-bond acceptors (Lipinski definition) is 3. The van der Waals surface area contributed by atoms with Gasteiger partial charge in [-0.1, -0.05) is 18.2 Å². The molecular weight excluding hydrogens is 348 g/mol. The molecule has 2 amide bonds. The predicted octanol–water partition coefficient (Wildman–Crippen LogP) is 4.27. The van der Waals surface area contributed by atoms with Crippen molar-refractivity contribution in [3.8, 4) is 0 Å². The number of ether oxygens (including phenoxy) is 1. The minimum Gasteiger partial charge on any atom is -0.450 e. The molecule has 0 atom stereocenters. The van der Waals surface area contributed by atoms with Gasteiger partial charge in [0.2, 0.25) is 0 Å². The predicted molar refractivity (Wildman–Crippen MR) is 89.2 cm³/mol. The monoisotopic (exact) mass is 362 g/mol. The fourth-order valence-electron chi connectivity index (χ4n) is 1.80. The van der Waals surface area contributed by atoms with Crippen LogP contribution in [0.25, 0.3) is 0 Å². The van der Waals surface area contributed by atoms with Gasteiger partial charge in [-0.25, -0.2) is 4.79 Å². The molecule has 0 bridgehead atoms. The van der Waals surface area contributed by atoms with E-state index in [4.69, 9.17) is 4.74 Å². The van der Waals surface area contributed by atoms with Gasteiger partial charge in [-0.3, -0.25) is 10.1 Å². The van der Waals surface area contributed by atoms with Crippen molar-refractivity contribution in [3.63, 3.8) is 0 Å². The summed E-state index contributed by atoms with van der Waals surface area (Å²) in [6.45, 7) is 2.03. The van der Waals surface area contributed by atoms with Crippen molar-refractivity contribution in [3.05, 3.63) is 58.6 Å². The normalized spacial score (nSPS) is 9.91. The van der Waals surface area contributed by atoms with Gasteiger partial charge < -0.3 is 10.1 Å². The smallest absolute Gasteiger partial charge is 0.411 e. The van der Waals surface area contributed by atoms with E-state index in [0.29, 0.717) is 28.0 Å². The molecule has 0 aliphatic rings. The zero-order chi connectivity index (χ0) is 15.9. The second-order valence-electron chi connectivity index (χ2n) is 4.36. The maximum absolute atomic E-state index is 12.2. The van der Waals surface area contributed by atoms with E-state index in [-0.39, 0.29) is 5.91 Å². The molecular formula is C16H15BrN2O3. The summed E-state index contributed by atoms with van der Waals surface area (Å²) in [5, 5.41) is 5.37. The number of benzene rings is 2. The largest absolute Gasteiger partial charge is 0.450 e. The molecule has 0 fully saturated rings. The summed E-state index contributed by atoms with van der Waals surface area (Å²) in [5.74, 6) is -0.235. The summed E-state index contributed by atoms with van der Waals surface area (Å²) >= 11 is 3.34. The first-order valence-corrected chi connectivity index (χ1v) is 7.49. The molecule has 2 rings (SSSR count). The lowest BCUT2D eigenvalue weighted by molar-refractivity contribution is 0.102. The zero-order valence-corrected chi connectivity index (χ0v) is 13.5. The summed E-state index contributed by atoms with van der Waals surface area (Å²) in [5.41, 5.74) is 1.66. The summed E-state index contributed by atoms with van der Waals surface area (Å²) in [6.07, 6.45) is -0.531. The standard InChI is InChI=1S/C16H15BrN2O3/c1-2-22-16(21)19-12-7-5-6-11(10-12)18-15(20)13-8-3-4-9-14(13)17/h3-10H,2H2,1H3,(H,18,20)(H,19,21). The van der Waals surface area contributed by atoms with E-state index in [9.17, 15) is 9.59 Å². The van der Waals surface area contributed by atoms with E-state index in [1.54, 1.807) is 49.4 Å². The Kier molecular flexibility index (Phi) is 5.55. The highest BCUT2D eigenvalue weighted by Gasteiger charge is 2.10. The minimum absolute atomic E-state index is 0.235. The average molecular weight is 363 g/mol. The Balaban J connectivity index is 2.09. The van der Waals surface area contributed by atoms with E-state index in [1.165, 1.54) is 0 Å². The van der Waals surface area contributed by atoms with Gasteiger partial charge >= 0.3 is 6.09 Å². The Labute approximate surface area is 136 Å². The molecule has 5 nitrogen and oxygen atoms in total. The molecule has 0 heterocycles. The van der Waals surface area contributed by atoms with Gasteiger partial charge in [0, 0.05) is 15.8 Å². The van der Waals surface area contributed by atoms with Gasteiger partial charge in [0.15, 0.2) is 0 Å². The van der Waals surface area contributed by atoms with Crippen LogP contribution in [0.2, 0.25) is 0 Å². The fraction of sp³-hybridized carbons (Fsp3) is 0.125. The Bertz CT molecular complexity index is 689. The lowest BCUT2D eigenvalue weighted by atomic mass is 10.2. The fourth-order valence-corrected chi connectivity index (χ4v) is 2.27. The Hall–Kier alpha value is -2.34. The molecule has 0 aromatic heterocycles. The number of halogens is 1. The lowest BCUT2D eigenvalue weighted by Crippen LogP contribution is -2.15. The van der Waals surface area contributed by atoms with Gasteiger partial charge in [-0.2, -0.15) is 0 Å². The molecule has 0 saturated carbocycles. The van der Waals surface area contributed by atoms with Gasteiger partial charge in [0.05, 0.1) is 12.2 Å². The number of hydrogen-bond donors (Lipinski definition) is 2. The van der Waals surface area contributed by atoms with Crippen LogP contribution in [0.4, 0.5) is 16.2 Å². The first kappa shape index (κ1) is 16.0. The van der Waals surface area contributed by atoms with Gasteiger partial charge in [0.1, 0.15) is 0 Å². The third-order valence-corrected chi connectivity index (χ3v) is 3.45. The highest BCUT2D eigenvalue weighted by atomic mass is 79.9. The lowest BCUT2D eigenvalue weighted by Gasteiger charge is -2.09. The molecule has 0 spiro atoms. The van der Waals surface area contributed by atoms with Crippen LogP contribution in [0.15, 0.2) is 53.0 Å². The van der Waals surface area contributed by atoms with Gasteiger partial charge in [0.25, 0.3) is 5.91 Å². The molecule has 0 aliphatic heterocycles. The number of carbonyl (C=O) groups excluding carboxylic acids is 2. The molecule has 0 unspecified atom stereocenters. The van der Waals surface area contributed by atoms with E-state index in [0.717, 1.165) is 0 Å². The van der Waals surface area contributed by atoms with Crippen molar-refractivity contribution in [1.82, 2.24) is 0 Å². The molecule has 114 valence electrons. The van der Waals surface area contributed by atoms with Gasteiger partial charge in [-0.15, -0.1) is 0 Å². The average Bonchev–Trinajstić information content (AvgIpc) is 2.48. The van der Waals surface area contributed by atoms with Crippen LogP contribution in [-0.2, 0) is 4.74 Å². The second kappa shape index (κ2) is 7.61. The van der Waals surface area contributed by atoms with Crippen molar-refractivity contribution in [2.45, 2.75) is 6.92 Å². The molecule has 0 aliphatic carbocycles. The van der Waals surface area contributed by atoms with Crippen LogP contribution in [-0.4, -0.2) is 18.6 Å². The second-order valence-corrected chi connectivity index (χ2v) is 5.21. The van der Waals surface area contributed by atoms with E-state index >= 15 is 0 Å². The van der Waals surface area contributed by atoms with Crippen molar-refractivity contribution in [1.29, 1.82) is 0 Å². The highest BCUT2D eigenvalue weighted by Crippen LogP contribution is 2.20. The van der Waals surface area contributed by atoms with Crippen LogP contribution >= 0.6 is 15.9 Å². The maximum Gasteiger partial charge on any atom is 0.411 e. The summed E-state index contributed by atoms with van der Waals surface area (Å²) in [7, 11) is 0. The third kappa shape index (κ3) is 4.33. The van der Waals surface area contributed by atoms with Crippen LogP contribution in [0.5, 0.6) is 0 Å². The zero-order valence-electron chi connectivity index (χ0n) is 11.9. The SMILES string of the molecule is CCOC(=O)Nc1cccc(NC(=O)c2ccccc2Br)c1. The molecule has 2 aromatic carbocycles. The Morgan fingerprint density at radius 2 is 1.73 bits per heavy atom. The summed E-state index contributed by atoms with van der Waals surface area (Å²) in [4.78, 5) is 23.6. The third-order valence-electron chi connectivity index (χ3n) is 2.76. The topological polar surface area (TPSA) is 67.4 Å². The highest BCUT2D eigenvalue weighted by molar-refractivity contribution is 9.10. The van der Waals surface area contributed by atoms with Crippen LogP contribution in [0.1, 0.15) is 17.3 Å². The number of nitrogens with one attached hydrogen (secondary N) is 2. The quantitative estimate of drug-likeness (QED) is 0.853. The number of anilines is 2. The van der Waals surface area contributed by atoms with Crippen molar-refractivity contribution in [2.75, 3.05) is 17.2 Å².